The number of hydrogen-bond acceptors (Lipinski definition) is 3. The highest BCUT2D eigenvalue weighted by molar-refractivity contribution is 5.82. The van der Waals surface area contributed by atoms with Crippen LogP contribution in [0.4, 0.5) is 4.79 Å². The van der Waals surface area contributed by atoms with E-state index in [4.69, 9.17) is 0 Å². The van der Waals surface area contributed by atoms with Crippen LogP contribution in [0.25, 0.3) is 0 Å². The Morgan fingerprint density at radius 2 is 1.38 bits per heavy atom. The van der Waals surface area contributed by atoms with Crippen molar-refractivity contribution in [2.24, 2.45) is 23.7 Å². The van der Waals surface area contributed by atoms with Crippen molar-refractivity contribution >= 4 is 17.9 Å². The zero-order valence-corrected chi connectivity index (χ0v) is 15.3. The van der Waals surface area contributed by atoms with Crippen molar-refractivity contribution in [2.75, 3.05) is 39.3 Å². The third kappa shape index (κ3) is 3.40. The third-order valence-electron chi connectivity index (χ3n) is 6.71. The van der Waals surface area contributed by atoms with E-state index in [1.54, 1.807) is 4.90 Å². The van der Waals surface area contributed by atoms with Crippen LogP contribution < -0.4 is 0 Å². The van der Waals surface area contributed by atoms with Gasteiger partial charge in [0.2, 0.25) is 5.91 Å². The molecule has 1 saturated carbocycles. The van der Waals surface area contributed by atoms with Crippen LogP contribution in [-0.4, -0.2) is 77.0 Å². The molecule has 0 aromatic heterocycles. The maximum absolute atomic E-state index is 12.9. The fraction of sp³-hybridized carbons (Fsp3) is 0.842. The molecule has 4 fully saturated rings. The second-order valence-electron chi connectivity index (χ2n) is 8.43. The highest BCUT2D eigenvalue weighted by atomic mass is 16.4. The van der Waals surface area contributed by atoms with Gasteiger partial charge < -0.3 is 19.8 Å². The molecule has 0 bridgehead atoms. The molecule has 3 aliphatic heterocycles. The molecule has 0 aromatic carbocycles. The normalized spacial score (nSPS) is 30.1. The number of rotatable bonds is 3. The zero-order valence-electron chi connectivity index (χ0n) is 15.3. The fourth-order valence-corrected chi connectivity index (χ4v) is 4.96. The predicted molar refractivity (Wildman–Crippen MR) is 94.4 cm³/mol. The molecule has 26 heavy (non-hydrogen) atoms. The highest BCUT2D eigenvalue weighted by Gasteiger charge is 2.47. The zero-order chi connectivity index (χ0) is 18.3. The maximum atomic E-state index is 12.9. The fourth-order valence-electron chi connectivity index (χ4n) is 4.96. The first-order chi connectivity index (χ1) is 12.5. The first-order valence-electron chi connectivity index (χ1n) is 10.1. The minimum atomic E-state index is -0.761. The number of amides is 3. The topological polar surface area (TPSA) is 81.2 Å². The molecule has 0 spiro atoms. The van der Waals surface area contributed by atoms with Crippen LogP contribution >= 0.6 is 0 Å². The van der Waals surface area contributed by atoms with Crippen LogP contribution in [-0.2, 0) is 9.59 Å². The molecule has 4 aliphatic rings. The minimum Gasteiger partial charge on any atom is -0.481 e. The highest BCUT2D eigenvalue weighted by Crippen LogP contribution is 2.44. The number of urea groups is 1. The smallest absolute Gasteiger partial charge is 0.319 e. The lowest BCUT2D eigenvalue weighted by Gasteiger charge is -2.35. The number of carbonyl (C=O) groups is 3. The molecule has 3 heterocycles. The number of hydrogen-bond donors (Lipinski definition) is 1. The summed E-state index contributed by atoms with van der Waals surface area (Å²) < 4.78 is 0. The molecular formula is C19H29N3O4. The average Bonchev–Trinajstić information content (AvgIpc) is 3.17. The Hall–Kier alpha value is -1.79. The van der Waals surface area contributed by atoms with E-state index in [-0.39, 0.29) is 23.8 Å². The summed E-state index contributed by atoms with van der Waals surface area (Å²) in [7, 11) is 0. The van der Waals surface area contributed by atoms with Gasteiger partial charge >= 0.3 is 12.0 Å². The van der Waals surface area contributed by atoms with E-state index in [9.17, 15) is 19.5 Å². The molecule has 0 aromatic rings. The molecule has 0 radical (unpaired) electrons. The van der Waals surface area contributed by atoms with E-state index in [2.05, 4.69) is 0 Å². The Bertz CT molecular complexity index is 577. The van der Waals surface area contributed by atoms with Gasteiger partial charge in [0, 0.05) is 45.2 Å². The van der Waals surface area contributed by atoms with Crippen molar-refractivity contribution in [3.8, 4) is 0 Å². The summed E-state index contributed by atoms with van der Waals surface area (Å²) in [5.41, 5.74) is 0. The number of likely N-dealkylation sites (tertiary alicyclic amines) is 3. The average molecular weight is 363 g/mol. The number of piperidine rings is 1. The van der Waals surface area contributed by atoms with Crippen molar-refractivity contribution in [1.29, 1.82) is 0 Å². The van der Waals surface area contributed by atoms with Crippen molar-refractivity contribution in [2.45, 2.75) is 38.5 Å². The number of aliphatic carboxylic acids is 1. The standard InChI is InChI=1S/C19H29N3O4/c23-17(22-11-15(13-3-4-13)16(12-22)18(24)25)14-5-9-21(10-6-14)19(26)20-7-1-2-8-20/h13-16H,1-12H2,(H,24,25)/t15-,16+/m1/s1. The maximum Gasteiger partial charge on any atom is 0.319 e. The summed E-state index contributed by atoms with van der Waals surface area (Å²) in [6, 6.07) is 0.120. The summed E-state index contributed by atoms with van der Waals surface area (Å²) in [4.78, 5) is 42.5. The van der Waals surface area contributed by atoms with Gasteiger partial charge in [-0.3, -0.25) is 9.59 Å². The number of carboxylic acids is 1. The molecule has 7 nitrogen and oxygen atoms in total. The van der Waals surface area contributed by atoms with Crippen LogP contribution in [0.15, 0.2) is 0 Å². The molecule has 7 heteroatoms. The monoisotopic (exact) mass is 363 g/mol. The van der Waals surface area contributed by atoms with E-state index in [1.807, 2.05) is 9.80 Å². The second-order valence-corrected chi connectivity index (χ2v) is 8.43. The van der Waals surface area contributed by atoms with Gasteiger partial charge in [0.05, 0.1) is 5.92 Å². The van der Waals surface area contributed by atoms with Crippen LogP contribution in [0.2, 0.25) is 0 Å². The van der Waals surface area contributed by atoms with Gasteiger partial charge in [-0.2, -0.15) is 0 Å². The molecule has 3 saturated heterocycles. The van der Waals surface area contributed by atoms with E-state index in [0.717, 1.165) is 38.8 Å². The van der Waals surface area contributed by atoms with Crippen LogP contribution in [0.3, 0.4) is 0 Å². The summed E-state index contributed by atoms with van der Waals surface area (Å²) in [6.07, 6.45) is 5.77. The minimum absolute atomic E-state index is 0.0648. The molecule has 0 unspecified atom stereocenters. The SMILES string of the molecule is O=C(O)[C@H]1CN(C(=O)C2CCN(C(=O)N3CCCC3)CC2)C[C@@H]1C1CC1. The predicted octanol–water partition coefficient (Wildman–Crippen LogP) is 1.48. The van der Waals surface area contributed by atoms with Gasteiger partial charge in [0.15, 0.2) is 0 Å². The first kappa shape index (κ1) is 17.6. The first-order valence-corrected chi connectivity index (χ1v) is 10.1. The van der Waals surface area contributed by atoms with Gasteiger partial charge in [0.25, 0.3) is 0 Å². The molecule has 1 aliphatic carbocycles. The van der Waals surface area contributed by atoms with Crippen molar-refractivity contribution < 1.29 is 19.5 Å². The Morgan fingerprint density at radius 3 is 1.96 bits per heavy atom. The lowest BCUT2D eigenvalue weighted by Crippen LogP contribution is -2.48. The summed E-state index contributed by atoms with van der Waals surface area (Å²) in [5, 5.41) is 9.48. The van der Waals surface area contributed by atoms with Crippen molar-refractivity contribution in [1.82, 2.24) is 14.7 Å². The number of carbonyl (C=O) groups excluding carboxylic acids is 2. The molecule has 4 rings (SSSR count). The number of carboxylic acid groups (broad SMARTS) is 1. The Kier molecular flexibility index (Phi) is 4.80. The van der Waals surface area contributed by atoms with Crippen molar-refractivity contribution in [3.63, 3.8) is 0 Å². The molecule has 144 valence electrons. The van der Waals surface area contributed by atoms with Gasteiger partial charge in [-0.15, -0.1) is 0 Å². The van der Waals surface area contributed by atoms with Gasteiger partial charge in [-0.25, -0.2) is 4.79 Å². The van der Waals surface area contributed by atoms with Crippen LogP contribution in [0.1, 0.15) is 38.5 Å². The van der Waals surface area contributed by atoms with Gasteiger partial charge in [-0.05, 0) is 50.4 Å². The lowest BCUT2D eigenvalue weighted by molar-refractivity contribution is -0.143. The van der Waals surface area contributed by atoms with E-state index in [0.29, 0.717) is 44.9 Å². The number of nitrogens with zero attached hydrogens (tertiary/aromatic N) is 3. The Balaban J connectivity index is 1.31. The molecule has 2 atom stereocenters. The van der Waals surface area contributed by atoms with Gasteiger partial charge in [0.1, 0.15) is 0 Å². The lowest BCUT2D eigenvalue weighted by atomic mass is 9.92. The third-order valence-corrected chi connectivity index (χ3v) is 6.71. The van der Waals surface area contributed by atoms with E-state index in [1.165, 1.54) is 0 Å². The summed E-state index contributed by atoms with van der Waals surface area (Å²) >= 11 is 0. The quantitative estimate of drug-likeness (QED) is 0.824. The van der Waals surface area contributed by atoms with Crippen LogP contribution in [0.5, 0.6) is 0 Å². The van der Waals surface area contributed by atoms with E-state index < -0.39 is 11.9 Å². The molecule has 3 amide bonds. The Morgan fingerprint density at radius 1 is 0.769 bits per heavy atom. The molecule has 1 N–H and O–H groups in total. The van der Waals surface area contributed by atoms with Crippen molar-refractivity contribution in [3.05, 3.63) is 0 Å². The Labute approximate surface area is 154 Å². The second kappa shape index (κ2) is 7.08. The summed E-state index contributed by atoms with van der Waals surface area (Å²) in [6.45, 7) is 3.94. The summed E-state index contributed by atoms with van der Waals surface area (Å²) in [5.74, 6) is -0.494. The van der Waals surface area contributed by atoms with E-state index >= 15 is 0 Å². The largest absolute Gasteiger partial charge is 0.481 e. The molecular weight excluding hydrogens is 334 g/mol. The van der Waals surface area contributed by atoms with Crippen LogP contribution in [0, 0.1) is 23.7 Å². The van der Waals surface area contributed by atoms with Gasteiger partial charge in [-0.1, -0.05) is 0 Å².